The minimum absolute atomic E-state index is 0.0918. The van der Waals surface area contributed by atoms with E-state index >= 15 is 4.39 Å². The van der Waals surface area contributed by atoms with E-state index in [0.717, 1.165) is 0 Å². The smallest absolute Gasteiger partial charge is 0.348 e. The third kappa shape index (κ3) is 4.27. The molecule has 3 aromatic heterocycles. The van der Waals surface area contributed by atoms with Crippen LogP contribution in [0, 0.1) is 0 Å². The van der Waals surface area contributed by atoms with E-state index in [4.69, 9.17) is 0 Å². The van der Waals surface area contributed by atoms with Gasteiger partial charge < -0.3 is 10.4 Å². The van der Waals surface area contributed by atoms with Crippen molar-refractivity contribution in [2.45, 2.75) is 24.9 Å². The highest BCUT2D eigenvalue weighted by Gasteiger charge is 2.33. The van der Waals surface area contributed by atoms with Gasteiger partial charge in [-0.1, -0.05) is 5.10 Å². The Balaban J connectivity index is 1.69. The van der Waals surface area contributed by atoms with Gasteiger partial charge in [-0.05, 0) is 61.2 Å². The van der Waals surface area contributed by atoms with E-state index in [9.17, 15) is 9.90 Å². The zero-order valence-electron chi connectivity index (χ0n) is 15.8. The third-order valence-electron chi connectivity index (χ3n) is 5.05. The fourth-order valence-corrected chi connectivity index (χ4v) is 3.52. The number of halogens is 1. The van der Waals surface area contributed by atoms with Gasteiger partial charge >= 0.3 is 11.8 Å². The van der Waals surface area contributed by atoms with Crippen LogP contribution in [-0.4, -0.2) is 44.9 Å². The quantitative estimate of drug-likeness (QED) is 0.645. The maximum Gasteiger partial charge on any atom is 0.348 e. The number of carboxylic acids is 1. The number of nitrogens with zero attached hydrogens (tertiary/aromatic N) is 4. The fourth-order valence-electron chi connectivity index (χ4n) is 3.52. The van der Waals surface area contributed by atoms with Crippen molar-refractivity contribution in [2.75, 3.05) is 13.1 Å². The van der Waals surface area contributed by atoms with Crippen LogP contribution in [0.25, 0.3) is 17.1 Å². The number of alkyl halides is 1. The molecule has 8 heteroatoms. The monoisotopic (exact) mass is 394 g/mol. The molecule has 0 spiro atoms. The molecular weight excluding hydrogens is 373 g/mol. The van der Waals surface area contributed by atoms with Crippen LogP contribution in [0.5, 0.6) is 0 Å². The molecule has 148 valence electrons. The summed E-state index contributed by atoms with van der Waals surface area (Å²) in [5, 5.41) is 17.2. The van der Waals surface area contributed by atoms with Gasteiger partial charge in [0.2, 0.25) is 0 Å². The van der Waals surface area contributed by atoms with Gasteiger partial charge in [-0.25, -0.2) is 9.18 Å². The van der Waals surface area contributed by atoms with Crippen LogP contribution in [0.3, 0.4) is 0 Å². The van der Waals surface area contributed by atoms with Gasteiger partial charge in [0.25, 0.3) is 0 Å². The summed E-state index contributed by atoms with van der Waals surface area (Å²) in [7, 11) is 0. The molecule has 0 amide bonds. The Morgan fingerprint density at radius 1 is 1.17 bits per heavy atom. The maximum absolute atomic E-state index is 15.0. The normalized spacial score (nSPS) is 15.8. The molecule has 0 saturated carbocycles. The van der Waals surface area contributed by atoms with Gasteiger partial charge in [0.05, 0.1) is 5.69 Å². The van der Waals surface area contributed by atoms with Crippen molar-refractivity contribution in [3.63, 3.8) is 0 Å². The highest BCUT2D eigenvalue weighted by molar-refractivity contribution is 5.94. The standard InChI is InChI=1S/C21H20FN5O2/c22-21(7-11-24-12-8-21)14-16-2-1-13-27(26-16)18-4-3-17(20(28)29)19(25-18)15-5-9-23-10-6-15/h1-6,9-10,13,24H,7-8,11-12,14H2/p+1. The van der Waals surface area contributed by atoms with Gasteiger partial charge in [-0.3, -0.25) is 4.98 Å². The number of aromatic carboxylic acids is 1. The zero-order valence-corrected chi connectivity index (χ0v) is 15.8. The lowest BCUT2D eigenvalue weighted by Crippen LogP contribution is -2.42. The number of hydrogen-bond donors (Lipinski definition) is 2. The summed E-state index contributed by atoms with van der Waals surface area (Å²) in [6, 6.07) is 10.1. The molecule has 0 aromatic carbocycles. The van der Waals surface area contributed by atoms with Crippen LogP contribution in [0.15, 0.2) is 55.0 Å². The molecule has 1 saturated heterocycles. The summed E-state index contributed by atoms with van der Waals surface area (Å²) in [6.45, 7) is 1.33. The molecule has 29 heavy (non-hydrogen) atoms. The SMILES string of the molecule is O=C(O)c1ccc(-[n+]2cccc(CC3(F)CCNCC3)n2)nc1-c1ccncc1. The number of aromatic nitrogens is 4. The second-order valence-electron chi connectivity index (χ2n) is 7.13. The Bertz CT molecular complexity index is 1020. The van der Waals surface area contributed by atoms with Crippen LogP contribution >= 0.6 is 0 Å². The maximum atomic E-state index is 15.0. The number of carboxylic acid groups (broad SMARTS) is 1. The first-order chi connectivity index (χ1) is 14.0. The van der Waals surface area contributed by atoms with Gasteiger partial charge in [-0.2, -0.15) is 0 Å². The van der Waals surface area contributed by atoms with E-state index in [2.05, 4.69) is 20.4 Å². The predicted molar refractivity (Wildman–Crippen MR) is 103 cm³/mol. The first-order valence-electron chi connectivity index (χ1n) is 9.47. The molecule has 0 atom stereocenters. The predicted octanol–water partition coefficient (Wildman–Crippen LogP) is 2.15. The Morgan fingerprint density at radius 3 is 2.66 bits per heavy atom. The van der Waals surface area contributed by atoms with Crippen LogP contribution in [-0.2, 0) is 6.42 Å². The lowest BCUT2D eigenvalue weighted by atomic mass is 9.89. The highest BCUT2D eigenvalue weighted by atomic mass is 19.1. The van der Waals surface area contributed by atoms with E-state index in [1.807, 2.05) is 0 Å². The average molecular weight is 394 g/mol. The molecule has 0 bridgehead atoms. The summed E-state index contributed by atoms with van der Waals surface area (Å²) >= 11 is 0. The van der Waals surface area contributed by atoms with Crippen LogP contribution in [0.2, 0.25) is 0 Å². The number of nitrogens with one attached hydrogen (secondary N) is 1. The minimum atomic E-state index is -1.26. The molecule has 0 unspecified atom stereocenters. The van der Waals surface area contributed by atoms with Gasteiger partial charge in [0.15, 0.2) is 5.69 Å². The molecule has 1 aliphatic rings. The van der Waals surface area contributed by atoms with E-state index in [1.165, 1.54) is 6.07 Å². The van der Waals surface area contributed by atoms with Crippen molar-refractivity contribution in [1.82, 2.24) is 20.4 Å². The molecule has 2 N–H and O–H groups in total. The third-order valence-corrected chi connectivity index (χ3v) is 5.05. The van der Waals surface area contributed by atoms with E-state index in [-0.39, 0.29) is 12.0 Å². The molecule has 4 rings (SSSR count). The second kappa shape index (κ2) is 8.00. The van der Waals surface area contributed by atoms with Gasteiger partial charge in [0.1, 0.15) is 17.4 Å². The van der Waals surface area contributed by atoms with E-state index in [1.54, 1.807) is 53.6 Å². The highest BCUT2D eigenvalue weighted by Crippen LogP contribution is 2.27. The molecule has 4 heterocycles. The lowest BCUT2D eigenvalue weighted by Gasteiger charge is -2.29. The molecule has 3 aromatic rings. The molecule has 1 fully saturated rings. The number of pyridine rings is 2. The summed E-state index contributed by atoms with van der Waals surface area (Å²) in [5.41, 5.74) is 0.437. The van der Waals surface area contributed by atoms with Gasteiger partial charge in [-0.15, -0.1) is 4.68 Å². The molecule has 7 nitrogen and oxygen atoms in total. The average Bonchev–Trinajstić information content (AvgIpc) is 2.74. The van der Waals surface area contributed by atoms with E-state index in [0.29, 0.717) is 48.7 Å². The molecule has 0 aliphatic carbocycles. The molecular formula is C21H21FN5O2+. The van der Waals surface area contributed by atoms with Crippen LogP contribution in [0.4, 0.5) is 4.39 Å². The number of piperidine rings is 1. The van der Waals surface area contributed by atoms with E-state index < -0.39 is 11.6 Å². The van der Waals surface area contributed by atoms with Crippen molar-refractivity contribution < 1.29 is 19.0 Å². The number of rotatable bonds is 5. The Labute approximate surface area is 167 Å². The van der Waals surface area contributed by atoms with Crippen molar-refractivity contribution in [3.05, 3.63) is 66.2 Å². The minimum Gasteiger partial charge on any atom is -0.478 e. The van der Waals surface area contributed by atoms with Crippen LogP contribution in [0.1, 0.15) is 28.9 Å². The van der Waals surface area contributed by atoms with Crippen LogP contribution < -0.4 is 10.00 Å². The van der Waals surface area contributed by atoms with Gasteiger partial charge in [0, 0.05) is 30.4 Å². The summed E-state index contributed by atoms with van der Waals surface area (Å²) in [4.78, 5) is 20.1. The fraction of sp³-hybridized carbons (Fsp3) is 0.286. The Hall–Kier alpha value is -3.26. The molecule has 0 radical (unpaired) electrons. The van der Waals surface area contributed by atoms with Crippen molar-refractivity contribution in [3.8, 4) is 17.1 Å². The number of hydrogen-bond acceptors (Lipinski definition) is 5. The Morgan fingerprint density at radius 2 is 1.93 bits per heavy atom. The number of carbonyl (C=O) groups is 1. The Kier molecular flexibility index (Phi) is 5.26. The molecule has 1 aliphatic heterocycles. The van der Waals surface area contributed by atoms with Crippen molar-refractivity contribution in [1.29, 1.82) is 0 Å². The lowest BCUT2D eigenvalue weighted by molar-refractivity contribution is -0.664. The second-order valence-corrected chi connectivity index (χ2v) is 7.13. The largest absolute Gasteiger partial charge is 0.478 e. The summed E-state index contributed by atoms with van der Waals surface area (Å²) in [5.74, 6) is -0.602. The zero-order chi connectivity index (χ0) is 20.3. The summed E-state index contributed by atoms with van der Waals surface area (Å²) in [6.07, 6.45) is 6.04. The topological polar surface area (TPSA) is 91.9 Å². The summed E-state index contributed by atoms with van der Waals surface area (Å²) < 4.78 is 16.6. The van der Waals surface area contributed by atoms with Crippen molar-refractivity contribution in [2.24, 2.45) is 0 Å². The first kappa shape index (κ1) is 19.1. The first-order valence-corrected chi connectivity index (χ1v) is 9.47. The van der Waals surface area contributed by atoms with Crippen molar-refractivity contribution >= 4 is 5.97 Å².